The van der Waals surface area contributed by atoms with Crippen molar-refractivity contribution in [3.8, 4) is 0 Å². The lowest BCUT2D eigenvalue weighted by atomic mass is 10.2. The molecular formula is C15H26N2O. The highest BCUT2D eigenvalue weighted by atomic mass is 16.5. The second kappa shape index (κ2) is 9.06. The van der Waals surface area contributed by atoms with E-state index >= 15 is 0 Å². The average molecular weight is 250 g/mol. The van der Waals surface area contributed by atoms with Crippen LogP contribution in [0.5, 0.6) is 0 Å². The summed E-state index contributed by atoms with van der Waals surface area (Å²) in [5.74, 6) is 0. The summed E-state index contributed by atoms with van der Waals surface area (Å²) in [4.78, 5) is 4.58. The Labute approximate surface area is 111 Å². The molecule has 1 N–H and O–H groups in total. The molecule has 18 heavy (non-hydrogen) atoms. The standard InChI is InChI=1S/C15H26N2O/c1-4-5-6-10-18-12-15-9-7-8-14(17-15)11-16-13(2)3/h7-9,13,16H,4-6,10-12H2,1-3H3. The predicted molar refractivity (Wildman–Crippen MR) is 75.4 cm³/mol. The van der Waals surface area contributed by atoms with Crippen LogP contribution in [0.25, 0.3) is 0 Å². The Hall–Kier alpha value is -0.930. The second-order valence-electron chi connectivity index (χ2n) is 4.92. The first-order valence-electron chi connectivity index (χ1n) is 6.98. The number of unbranched alkanes of at least 4 members (excludes halogenated alkanes) is 2. The highest BCUT2D eigenvalue weighted by Gasteiger charge is 1.99. The summed E-state index contributed by atoms with van der Waals surface area (Å²) in [6, 6.07) is 6.62. The van der Waals surface area contributed by atoms with Crippen molar-refractivity contribution in [2.45, 2.75) is 59.2 Å². The van der Waals surface area contributed by atoms with E-state index in [0.29, 0.717) is 12.6 Å². The van der Waals surface area contributed by atoms with Crippen molar-refractivity contribution >= 4 is 0 Å². The molecule has 0 fully saturated rings. The summed E-state index contributed by atoms with van der Waals surface area (Å²) in [5.41, 5.74) is 2.10. The van der Waals surface area contributed by atoms with Gasteiger partial charge in [0, 0.05) is 19.2 Å². The van der Waals surface area contributed by atoms with Crippen molar-refractivity contribution in [2.75, 3.05) is 6.61 Å². The Balaban J connectivity index is 2.30. The van der Waals surface area contributed by atoms with Crippen LogP contribution >= 0.6 is 0 Å². The Morgan fingerprint density at radius 2 is 2.00 bits per heavy atom. The summed E-state index contributed by atoms with van der Waals surface area (Å²) < 4.78 is 5.62. The lowest BCUT2D eigenvalue weighted by molar-refractivity contribution is 0.114. The van der Waals surface area contributed by atoms with Crippen molar-refractivity contribution in [2.24, 2.45) is 0 Å². The van der Waals surface area contributed by atoms with Gasteiger partial charge in [0.15, 0.2) is 0 Å². The third-order valence-electron chi connectivity index (χ3n) is 2.70. The van der Waals surface area contributed by atoms with E-state index in [1.54, 1.807) is 0 Å². The van der Waals surface area contributed by atoms with E-state index in [9.17, 15) is 0 Å². The van der Waals surface area contributed by atoms with Crippen molar-refractivity contribution in [1.29, 1.82) is 0 Å². The van der Waals surface area contributed by atoms with E-state index in [-0.39, 0.29) is 0 Å². The van der Waals surface area contributed by atoms with Gasteiger partial charge in [-0.3, -0.25) is 4.98 Å². The molecule has 0 radical (unpaired) electrons. The molecule has 0 saturated carbocycles. The summed E-state index contributed by atoms with van der Waals surface area (Å²) in [6.07, 6.45) is 3.62. The molecule has 102 valence electrons. The summed E-state index contributed by atoms with van der Waals surface area (Å²) >= 11 is 0. The average Bonchev–Trinajstić information content (AvgIpc) is 2.37. The van der Waals surface area contributed by atoms with E-state index in [0.717, 1.165) is 31.0 Å². The van der Waals surface area contributed by atoms with Gasteiger partial charge in [0.25, 0.3) is 0 Å². The van der Waals surface area contributed by atoms with Crippen LogP contribution < -0.4 is 5.32 Å². The Morgan fingerprint density at radius 3 is 2.72 bits per heavy atom. The monoisotopic (exact) mass is 250 g/mol. The van der Waals surface area contributed by atoms with Gasteiger partial charge >= 0.3 is 0 Å². The van der Waals surface area contributed by atoms with E-state index < -0.39 is 0 Å². The molecule has 0 aliphatic carbocycles. The van der Waals surface area contributed by atoms with Crippen molar-refractivity contribution in [3.63, 3.8) is 0 Å². The van der Waals surface area contributed by atoms with Crippen molar-refractivity contribution in [1.82, 2.24) is 10.3 Å². The fraction of sp³-hybridized carbons (Fsp3) is 0.667. The molecule has 0 bridgehead atoms. The van der Waals surface area contributed by atoms with E-state index in [4.69, 9.17) is 4.74 Å². The Bertz CT molecular complexity index is 326. The van der Waals surface area contributed by atoms with Gasteiger partial charge in [0.1, 0.15) is 0 Å². The number of rotatable bonds is 9. The smallest absolute Gasteiger partial charge is 0.0887 e. The number of nitrogens with zero attached hydrogens (tertiary/aromatic N) is 1. The van der Waals surface area contributed by atoms with Crippen LogP contribution in [0.15, 0.2) is 18.2 Å². The zero-order chi connectivity index (χ0) is 13.2. The molecule has 1 heterocycles. The molecule has 0 atom stereocenters. The van der Waals surface area contributed by atoms with Gasteiger partial charge < -0.3 is 10.1 Å². The summed E-state index contributed by atoms with van der Waals surface area (Å²) in [7, 11) is 0. The number of nitrogens with one attached hydrogen (secondary N) is 1. The lowest BCUT2D eigenvalue weighted by Crippen LogP contribution is -2.22. The Kier molecular flexibility index (Phi) is 7.62. The molecular weight excluding hydrogens is 224 g/mol. The van der Waals surface area contributed by atoms with Gasteiger partial charge in [-0.1, -0.05) is 39.7 Å². The van der Waals surface area contributed by atoms with E-state index in [1.165, 1.54) is 12.8 Å². The van der Waals surface area contributed by atoms with E-state index in [1.807, 2.05) is 6.07 Å². The van der Waals surface area contributed by atoms with Crippen LogP contribution in [0.1, 0.15) is 51.4 Å². The third-order valence-corrected chi connectivity index (χ3v) is 2.70. The molecule has 3 heteroatoms. The van der Waals surface area contributed by atoms with Gasteiger partial charge in [-0.15, -0.1) is 0 Å². The van der Waals surface area contributed by atoms with Gasteiger partial charge in [-0.25, -0.2) is 0 Å². The summed E-state index contributed by atoms with van der Waals surface area (Å²) in [5, 5.41) is 3.37. The van der Waals surface area contributed by atoms with Crippen molar-refractivity contribution < 1.29 is 4.74 Å². The van der Waals surface area contributed by atoms with Crippen LogP contribution in [0.3, 0.4) is 0 Å². The van der Waals surface area contributed by atoms with Crippen molar-refractivity contribution in [3.05, 3.63) is 29.6 Å². The van der Waals surface area contributed by atoms with Crippen LogP contribution in [0, 0.1) is 0 Å². The molecule has 1 rings (SSSR count). The number of hydrogen-bond acceptors (Lipinski definition) is 3. The normalized spacial score (nSPS) is 11.1. The van der Waals surface area contributed by atoms with Crippen LogP contribution in [-0.4, -0.2) is 17.6 Å². The quantitative estimate of drug-likeness (QED) is 0.683. The molecule has 0 saturated heterocycles. The predicted octanol–water partition coefficient (Wildman–Crippen LogP) is 3.29. The number of pyridine rings is 1. The second-order valence-corrected chi connectivity index (χ2v) is 4.92. The topological polar surface area (TPSA) is 34.1 Å². The van der Waals surface area contributed by atoms with Crippen LogP contribution in [0.2, 0.25) is 0 Å². The first kappa shape index (κ1) is 15.1. The fourth-order valence-electron chi connectivity index (χ4n) is 1.65. The molecule has 1 aromatic rings. The minimum Gasteiger partial charge on any atom is -0.375 e. The molecule has 3 nitrogen and oxygen atoms in total. The SMILES string of the molecule is CCCCCOCc1cccc(CNC(C)C)n1. The maximum absolute atomic E-state index is 5.62. The molecule has 0 aliphatic heterocycles. The zero-order valence-electron chi connectivity index (χ0n) is 11.9. The minimum atomic E-state index is 0.487. The zero-order valence-corrected chi connectivity index (χ0v) is 11.9. The highest BCUT2D eigenvalue weighted by molar-refractivity contribution is 5.10. The molecule has 0 aromatic carbocycles. The maximum Gasteiger partial charge on any atom is 0.0887 e. The first-order valence-corrected chi connectivity index (χ1v) is 6.98. The number of hydrogen-bond donors (Lipinski definition) is 1. The van der Waals surface area contributed by atoms with Crippen LogP contribution in [-0.2, 0) is 17.9 Å². The highest BCUT2D eigenvalue weighted by Crippen LogP contribution is 2.03. The molecule has 1 aromatic heterocycles. The molecule has 0 spiro atoms. The summed E-state index contributed by atoms with van der Waals surface area (Å²) in [6.45, 7) is 8.76. The Morgan fingerprint density at radius 1 is 1.22 bits per heavy atom. The first-order chi connectivity index (χ1) is 8.72. The molecule has 0 amide bonds. The van der Waals surface area contributed by atoms with Gasteiger partial charge in [0.2, 0.25) is 0 Å². The maximum atomic E-state index is 5.62. The number of ether oxygens (including phenoxy) is 1. The largest absolute Gasteiger partial charge is 0.375 e. The van der Waals surface area contributed by atoms with Crippen LogP contribution in [0.4, 0.5) is 0 Å². The van der Waals surface area contributed by atoms with Gasteiger partial charge in [-0.2, -0.15) is 0 Å². The minimum absolute atomic E-state index is 0.487. The fourth-order valence-corrected chi connectivity index (χ4v) is 1.65. The van der Waals surface area contributed by atoms with Gasteiger partial charge in [0.05, 0.1) is 18.0 Å². The van der Waals surface area contributed by atoms with E-state index in [2.05, 4.69) is 43.2 Å². The molecule has 0 unspecified atom stereocenters. The number of aromatic nitrogens is 1. The lowest BCUT2D eigenvalue weighted by Gasteiger charge is -2.09. The van der Waals surface area contributed by atoms with Gasteiger partial charge in [-0.05, 0) is 18.6 Å². The molecule has 0 aliphatic rings. The third kappa shape index (κ3) is 6.72.